The Morgan fingerprint density at radius 2 is 0.772 bits per heavy atom. The van der Waals surface area contributed by atoms with Crippen LogP contribution in [0.3, 0.4) is 0 Å². The van der Waals surface area contributed by atoms with Gasteiger partial charge in [0.2, 0.25) is 82.7 Å². The highest BCUT2D eigenvalue weighted by molar-refractivity contribution is 6.00. The topological polar surface area (TPSA) is 537 Å². The van der Waals surface area contributed by atoms with Gasteiger partial charge in [-0.2, -0.15) is 0 Å². The molecule has 1 rings (SSSR count). The Morgan fingerprint density at radius 1 is 0.396 bits per heavy atom. The van der Waals surface area contributed by atoms with Gasteiger partial charge in [-0.25, -0.2) is 4.98 Å². The summed E-state index contributed by atoms with van der Waals surface area (Å²) in [5.74, 6) is -16.7. The van der Waals surface area contributed by atoms with Crippen molar-refractivity contribution >= 4 is 94.6 Å². The Labute approximate surface area is 590 Å². The van der Waals surface area contributed by atoms with Crippen LogP contribution >= 0.6 is 0 Å². The number of aromatic amines is 1. The van der Waals surface area contributed by atoms with Crippen LogP contribution in [0, 0.1) is 41.4 Å². The van der Waals surface area contributed by atoms with Crippen LogP contribution in [-0.2, 0) is 83.1 Å². The molecular weight excluding hydrogens is 1320 g/mol. The molecule has 0 spiro atoms. The molecule has 1 heterocycles. The van der Waals surface area contributed by atoms with Crippen molar-refractivity contribution < 1.29 is 86.9 Å². The van der Waals surface area contributed by atoms with Crippen LogP contribution in [0.4, 0.5) is 0 Å². The Kier molecular flexibility index (Phi) is 39.7. The first kappa shape index (κ1) is 89.7. The van der Waals surface area contributed by atoms with E-state index in [4.69, 9.17) is 10.8 Å². The summed E-state index contributed by atoms with van der Waals surface area (Å²) in [4.78, 5) is 221. The summed E-state index contributed by atoms with van der Waals surface area (Å²) in [5, 5.41) is 54.4. The second-order valence-corrected chi connectivity index (χ2v) is 27.8. The van der Waals surface area contributed by atoms with E-state index in [-0.39, 0.29) is 55.8 Å². The maximum atomic E-state index is 14.6. The fourth-order valence-electron chi connectivity index (χ4n) is 9.94. The van der Waals surface area contributed by atoms with Crippen molar-refractivity contribution in [2.24, 2.45) is 47.2 Å². The Morgan fingerprint density at radius 3 is 1.20 bits per heavy atom. The quantitative estimate of drug-likeness (QED) is 0.0321. The molecule has 1 aromatic heterocycles. The molecule has 0 saturated carbocycles. The van der Waals surface area contributed by atoms with Crippen LogP contribution in [0.5, 0.6) is 0 Å². The first-order valence-corrected chi connectivity index (χ1v) is 34.3. The van der Waals surface area contributed by atoms with Gasteiger partial charge >= 0.3 is 11.9 Å². The highest BCUT2D eigenvalue weighted by Crippen LogP contribution is 2.16. The van der Waals surface area contributed by atoms with Gasteiger partial charge in [0.25, 0.3) is 0 Å². The number of carboxylic acid groups (broad SMARTS) is 2. The number of H-pyrrole nitrogens is 1. The third-order valence-corrected chi connectivity index (χ3v) is 15.8. The first-order chi connectivity index (χ1) is 47.0. The van der Waals surface area contributed by atoms with E-state index in [1.165, 1.54) is 33.3 Å². The van der Waals surface area contributed by atoms with E-state index in [9.17, 15) is 81.8 Å². The molecule has 13 unspecified atom stereocenters. The summed E-state index contributed by atoms with van der Waals surface area (Å²) in [6.45, 7) is 26.2. The number of nitrogens with one attached hydrogen (secondary N) is 15. The van der Waals surface area contributed by atoms with Gasteiger partial charge in [0.15, 0.2) is 0 Å². The molecule has 0 radical (unpaired) electrons. The fraction of sp³-hybridized carbons (Fsp3) is 0.712. The van der Waals surface area contributed by atoms with Crippen molar-refractivity contribution in [3.05, 3.63) is 18.2 Å². The van der Waals surface area contributed by atoms with Gasteiger partial charge in [-0.05, 0) is 94.3 Å². The number of imidazole rings is 1. The number of nitrogens with two attached hydrogens (primary N) is 1. The van der Waals surface area contributed by atoms with Gasteiger partial charge in [0, 0.05) is 24.7 Å². The molecule has 14 amide bonds. The van der Waals surface area contributed by atoms with Crippen LogP contribution in [-0.4, -0.2) is 207 Å². The van der Waals surface area contributed by atoms with Crippen molar-refractivity contribution in [1.82, 2.24) is 84.4 Å². The molecule has 0 aliphatic rings. The standard InChI is InChI=1S/C66H113N17O18/c1-18-37(14)54(81-49(85)28-69-48(84)27-70-56(91)39(16)73-55(90)38(15)67)66(101)80-45(23-33(6)7)61(96)79-47(25-41-26-68-30-72-41)62(97)77-43(21-31(2)3)59(94)75-42(19-20-50(86)87)58(93)76-44(22-32(4)5)60(95)78-46(24-34(8)9)63(98)83-53(36(12)13)65(100)74-40(17)57(92)82-52(35(10)11)64(99)71-29-51(88)89/h26,30-40,42-47,52-54H,18-25,27-29,67H2,1-17H3,(H,68,72)(H,69,84)(H,70,91)(H,71,99)(H,73,90)(H,74,100)(H,75,94)(H,76,93)(H,77,97)(H,78,95)(H,79,96)(H,80,101)(H,81,85)(H,82,92)(H,83,98)(H,86,87)(H,88,89). The molecule has 0 aromatic carbocycles. The first-order valence-electron chi connectivity index (χ1n) is 34.3. The van der Waals surface area contributed by atoms with Crippen molar-refractivity contribution in [1.29, 1.82) is 0 Å². The van der Waals surface area contributed by atoms with E-state index in [1.807, 2.05) is 0 Å². The van der Waals surface area contributed by atoms with Crippen LogP contribution < -0.4 is 80.2 Å². The number of hydrogen-bond acceptors (Lipinski definition) is 18. The summed E-state index contributed by atoms with van der Waals surface area (Å²) >= 11 is 0. The number of carbonyl (C=O) groups is 16. The normalized spacial score (nSPS) is 15.2. The molecular formula is C66H113N17O18. The number of carbonyl (C=O) groups excluding carboxylic acids is 14. The average molecular weight is 1430 g/mol. The molecule has 0 aliphatic carbocycles. The third-order valence-electron chi connectivity index (χ3n) is 15.8. The van der Waals surface area contributed by atoms with E-state index >= 15 is 0 Å². The third kappa shape index (κ3) is 34.6. The predicted molar refractivity (Wildman–Crippen MR) is 369 cm³/mol. The maximum absolute atomic E-state index is 14.6. The lowest BCUT2D eigenvalue weighted by atomic mass is 9.96. The number of aromatic nitrogens is 2. The van der Waals surface area contributed by atoms with Crippen LogP contribution in [0.1, 0.15) is 168 Å². The lowest BCUT2D eigenvalue weighted by Crippen LogP contribution is -2.61. The van der Waals surface area contributed by atoms with Crippen LogP contribution in [0.15, 0.2) is 12.5 Å². The van der Waals surface area contributed by atoms with Crippen LogP contribution in [0.2, 0.25) is 0 Å². The number of nitrogens with zero attached hydrogens (tertiary/aromatic N) is 1. The van der Waals surface area contributed by atoms with Crippen molar-refractivity contribution in [3.63, 3.8) is 0 Å². The number of rotatable bonds is 46. The summed E-state index contributed by atoms with van der Waals surface area (Å²) in [6.07, 6.45) is 1.61. The van der Waals surface area contributed by atoms with E-state index in [1.54, 1.807) is 96.9 Å². The minimum absolute atomic E-state index is 0.0209. The fourth-order valence-corrected chi connectivity index (χ4v) is 9.94. The van der Waals surface area contributed by atoms with Gasteiger partial charge < -0.3 is 95.4 Å². The highest BCUT2D eigenvalue weighted by Gasteiger charge is 2.38. The molecule has 0 saturated heterocycles. The lowest BCUT2D eigenvalue weighted by molar-refractivity contribution is -0.139. The largest absolute Gasteiger partial charge is 0.481 e. The maximum Gasteiger partial charge on any atom is 0.322 e. The van der Waals surface area contributed by atoms with Crippen molar-refractivity contribution in [3.8, 4) is 0 Å². The molecule has 1 aromatic rings. The van der Waals surface area contributed by atoms with Crippen LogP contribution in [0.25, 0.3) is 0 Å². The molecule has 0 aliphatic heterocycles. The molecule has 570 valence electrons. The van der Waals surface area contributed by atoms with E-state index in [0.29, 0.717) is 12.1 Å². The number of amides is 14. The molecule has 0 bridgehead atoms. The summed E-state index contributed by atoms with van der Waals surface area (Å²) in [6, 6.07) is -15.5. The molecule has 19 N–H and O–H groups in total. The number of hydrogen-bond donors (Lipinski definition) is 18. The van der Waals surface area contributed by atoms with Gasteiger partial charge in [-0.1, -0.05) is 103 Å². The van der Waals surface area contributed by atoms with E-state index in [2.05, 4.69) is 84.4 Å². The molecule has 101 heavy (non-hydrogen) atoms. The van der Waals surface area contributed by atoms with Crippen molar-refractivity contribution in [2.45, 2.75) is 242 Å². The zero-order valence-corrected chi connectivity index (χ0v) is 61.4. The van der Waals surface area contributed by atoms with Gasteiger partial charge in [-0.15, -0.1) is 0 Å². The monoisotopic (exact) mass is 1430 g/mol. The Bertz CT molecular complexity index is 2980. The highest BCUT2D eigenvalue weighted by atomic mass is 16.4. The van der Waals surface area contributed by atoms with E-state index in [0.717, 1.165) is 0 Å². The Hall–Kier alpha value is -9.31. The predicted octanol–water partition coefficient (Wildman–Crippen LogP) is -2.49. The summed E-state index contributed by atoms with van der Waals surface area (Å²) < 4.78 is 0. The average Bonchev–Trinajstić information content (AvgIpc) is 1.15. The second-order valence-electron chi connectivity index (χ2n) is 27.8. The SMILES string of the molecule is CCC(C)C(NC(=O)CNC(=O)CNC(=O)C(C)NC(=O)C(C)N)C(=O)NC(CC(C)C)C(=O)NC(Cc1cnc[nH]1)C(=O)NC(CC(C)C)C(=O)NC(CCC(=O)O)C(=O)NC(CC(C)C)C(=O)NC(CC(C)C)C(=O)NC(C(=O)NC(C)C(=O)NC(C(=O)NCC(=O)O)C(C)C)C(C)C. The molecule has 0 fully saturated rings. The summed E-state index contributed by atoms with van der Waals surface area (Å²) in [7, 11) is 0. The summed E-state index contributed by atoms with van der Waals surface area (Å²) in [5.41, 5.74) is 5.88. The lowest BCUT2D eigenvalue weighted by Gasteiger charge is -2.30. The van der Waals surface area contributed by atoms with Gasteiger partial charge in [-0.3, -0.25) is 76.7 Å². The Balaban J connectivity index is 3.53. The number of carboxylic acids is 2. The minimum atomic E-state index is -1.65. The zero-order chi connectivity index (χ0) is 77.3. The molecule has 35 nitrogen and oxygen atoms in total. The van der Waals surface area contributed by atoms with Crippen molar-refractivity contribution in [2.75, 3.05) is 19.6 Å². The van der Waals surface area contributed by atoms with Gasteiger partial charge in [0.1, 0.15) is 73.0 Å². The molecule has 13 atom stereocenters. The second kappa shape index (κ2) is 44.7. The molecule has 35 heteroatoms. The van der Waals surface area contributed by atoms with E-state index < -0.39 is 217 Å². The smallest absolute Gasteiger partial charge is 0.322 e. The van der Waals surface area contributed by atoms with Gasteiger partial charge in [0.05, 0.1) is 25.5 Å². The number of aliphatic carboxylic acids is 2. The minimum Gasteiger partial charge on any atom is -0.481 e. The zero-order valence-electron chi connectivity index (χ0n) is 61.4.